The van der Waals surface area contributed by atoms with Gasteiger partial charge in [0.2, 0.25) is 0 Å². The molecule has 5 heteroatoms. The van der Waals surface area contributed by atoms with Crippen LogP contribution in [0, 0.1) is 0 Å². The monoisotopic (exact) mass is 317 g/mol. The van der Waals surface area contributed by atoms with E-state index in [0.29, 0.717) is 17.6 Å². The molecule has 0 atom stereocenters. The number of benzene rings is 2. The Morgan fingerprint density at radius 1 is 0.955 bits per heavy atom. The molecule has 0 spiro atoms. The summed E-state index contributed by atoms with van der Waals surface area (Å²) in [5, 5.41) is 0. The first-order valence-corrected chi connectivity index (χ1v) is 7.90. The average molecular weight is 317 g/mol. The molecule has 0 aliphatic carbocycles. The van der Waals surface area contributed by atoms with Crippen molar-refractivity contribution in [3.05, 3.63) is 84.4 Å². The van der Waals surface area contributed by atoms with Crippen LogP contribution < -0.4 is 6.15 Å². The molecular weight excluding hydrogens is 298 g/mol. The molecule has 0 saturated carbocycles. The second-order valence-corrected chi connectivity index (χ2v) is 5.87. The van der Waals surface area contributed by atoms with E-state index >= 15 is 0 Å². The summed E-state index contributed by atoms with van der Waals surface area (Å²) < 4.78 is 33.4. The maximum Gasteiger partial charge on any atom is 0.295 e. The normalized spacial score (nSPS) is 12.0. The largest absolute Gasteiger partial charge is 0.344 e. The Morgan fingerprint density at radius 3 is 1.82 bits per heavy atom. The Hall–Kier alpha value is -2.21. The van der Waals surface area contributed by atoms with Crippen LogP contribution in [-0.4, -0.2) is 13.0 Å². The molecule has 2 rings (SSSR count). The van der Waals surface area contributed by atoms with Gasteiger partial charge in [-0.1, -0.05) is 66.7 Å². The Kier molecular flexibility index (Phi) is 6.24. The minimum absolute atomic E-state index is 0. The first-order valence-electron chi connectivity index (χ1n) is 6.46. The van der Waals surface area contributed by atoms with Gasteiger partial charge in [-0.3, -0.25) is 4.55 Å². The summed E-state index contributed by atoms with van der Waals surface area (Å²) in [7, 11) is -4.36. The zero-order valence-corrected chi connectivity index (χ0v) is 13.0. The first kappa shape index (κ1) is 17.8. The van der Waals surface area contributed by atoms with Crippen molar-refractivity contribution < 1.29 is 13.0 Å². The third kappa shape index (κ3) is 4.14. The highest BCUT2D eigenvalue weighted by atomic mass is 32.2. The molecule has 0 bridgehead atoms. The number of allylic oxidation sites excluding steroid dienone is 2. The summed E-state index contributed by atoms with van der Waals surface area (Å²) in [4.78, 5) is -0.0748. The van der Waals surface area contributed by atoms with Crippen molar-refractivity contribution in [2.45, 2.75) is 6.42 Å². The van der Waals surface area contributed by atoms with Crippen LogP contribution in [0.2, 0.25) is 0 Å². The van der Waals surface area contributed by atoms with Crippen molar-refractivity contribution in [3.8, 4) is 0 Å². The van der Waals surface area contributed by atoms with Crippen LogP contribution in [-0.2, 0) is 10.1 Å². The lowest BCUT2D eigenvalue weighted by atomic mass is 9.99. The molecule has 116 valence electrons. The fourth-order valence-electron chi connectivity index (χ4n) is 2.19. The number of hydrogen-bond donors (Lipinski definition) is 2. The zero-order valence-electron chi connectivity index (χ0n) is 12.1. The molecule has 0 fully saturated rings. The quantitative estimate of drug-likeness (QED) is 0.492. The van der Waals surface area contributed by atoms with E-state index in [1.807, 2.05) is 30.3 Å². The Bertz CT molecular complexity index is 751. The summed E-state index contributed by atoms with van der Waals surface area (Å²) in [5.41, 5.74) is 1.73. The third-order valence-corrected chi connectivity index (χ3v) is 4.04. The second kappa shape index (κ2) is 7.70. The van der Waals surface area contributed by atoms with Gasteiger partial charge < -0.3 is 6.15 Å². The van der Waals surface area contributed by atoms with Crippen LogP contribution >= 0.6 is 0 Å². The molecule has 0 heterocycles. The van der Waals surface area contributed by atoms with Gasteiger partial charge in [0, 0.05) is 0 Å². The van der Waals surface area contributed by atoms with E-state index < -0.39 is 10.1 Å². The molecule has 4 N–H and O–H groups in total. The van der Waals surface area contributed by atoms with Gasteiger partial charge in [0.05, 0.1) is 0 Å². The summed E-state index contributed by atoms with van der Waals surface area (Å²) in [6.45, 7) is 3.67. The molecule has 4 nitrogen and oxygen atoms in total. The van der Waals surface area contributed by atoms with Crippen molar-refractivity contribution in [1.82, 2.24) is 6.15 Å². The molecule has 2 aromatic rings. The smallest absolute Gasteiger partial charge is 0.295 e. The molecule has 2 aromatic carbocycles. The fraction of sp³-hybridized carbons (Fsp3) is 0.0588. The average Bonchev–Trinajstić information content (AvgIpc) is 2.47. The maximum atomic E-state index is 11.9. The minimum atomic E-state index is -4.36. The summed E-state index contributed by atoms with van der Waals surface area (Å²) in [5.74, 6) is 0. The molecule has 0 amide bonds. The van der Waals surface area contributed by atoms with E-state index in [-0.39, 0.29) is 11.1 Å². The standard InChI is InChI=1S/C17H16O3S.H3N/c1-2-9-16(14-10-5-3-6-11-14)17(21(18,19)20)15-12-7-4-8-13-15;/h2-8,10-13H,1,9H2,(H,18,19,20);1H3. The van der Waals surface area contributed by atoms with Gasteiger partial charge in [0.1, 0.15) is 4.91 Å². The van der Waals surface area contributed by atoms with E-state index in [9.17, 15) is 13.0 Å². The molecule has 0 radical (unpaired) electrons. The lowest BCUT2D eigenvalue weighted by molar-refractivity contribution is 0.496. The predicted octanol–water partition coefficient (Wildman–Crippen LogP) is 4.18. The van der Waals surface area contributed by atoms with Crippen LogP contribution in [0.4, 0.5) is 0 Å². The SMILES string of the molecule is C=CCC(=C(c1ccccc1)S(=O)(=O)O)c1ccccc1.N. The number of rotatable bonds is 5. The Balaban J connectivity index is 0.00000242. The Labute approximate surface area is 131 Å². The molecule has 0 saturated heterocycles. The van der Waals surface area contributed by atoms with Crippen molar-refractivity contribution in [2.24, 2.45) is 0 Å². The molecule has 0 aliphatic heterocycles. The predicted molar refractivity (Wildman–Crippen MR) is 91.1 cm³/mol. The van der Waals surface area contributed by atoms with Gasteiger partial charge in [0.15, 0.2) is 0 Å². The Morgan fingerprint density at radius 2 is 1.41 bits per heavy atom. The third-order valence-electron chi connectivity index (χ3n) is 3.04. The highest BCUT2D eigenvalue weighted by Crippen LogP contribution is 2.32. The van der Waals surface area contributed by atoms with Gasteiger partial charge in [-0.25, -0.2) is 0 Å². The lowest BCUT2D eigenvalue weighted by Gasteiger charge is -2.13. The second-order valence-electron chi connectivity index (χ2n) is 4.51. The summed E-state index contributed by atoms with van der Waals surface area (Å²) >= 11 is 0. The van der Waals surface area contributed by atoms with Crippen molar-refractivity contribution >= 4 is 20.6 Å². The van der Waals surface area contributed by atoms with Crippen LogP contribution in [0.5, 0.6) is 0 Å². The lowest BCUT2D eigenvalue weighted by Crippen LogP contribution is -2.04. The fourth-order valence-corrected chi connectivity index (χ4v) is 3.14. The zero-order chi connectivity index (χ0) is 15.3. The summed E-state index contributed by atoms with van der Waals surface area (Å²) in [6, 6.07) is 17.7. The van der Waals surface area contributed by atoms with Crippen LogP contribution in [0.3, 0.4) is 0 Å². The van der Waals surface area contributed by atoms with Crippen molar-refractivity contribution in [3.63, 3.8) is 0 Å². The van der Waals surface area contributed by atoms with Gasteiger partial charge >= 0.3 is 0 Å². The number of hydrogen-bond acceptors (Lipinski definition) is 3. The van der Waals surface area contributed by atoms with Crippen LogP contribution in [0.15, 0.2) is 73.3 Å². The van der Waals surface area contributed by atoms with Crippen LogP contribution in [0.1, 0.15) is 17.5 Å². The van der Waals surface area contributed by atoms with Gasteiger partial charge in [-0.2, -0.15) is 8.42 Å². The van der Waals surface area contributed by atoms with E-state index in [2.05, 4.69) is 6.58 Å². The van der Waals surface area contributed by atoms with Crippen molar-refractivity contribution in [2.75, 3.05) is 0 Å². The van der Waals surface area contributed by atoms with Gasteiger partial charge in [-0.15, -0.1) is 6.58 Å². The van der Waals surface area contributed by atoms with E-state index in [1.165, 1.54) is 0 Å². The van der Waals surface area contributed by atoms with Gasteiger partial charge in [-0.05, 0) is 23.1 Å². The summed E-state index contributed by atoms with van der Waals surface area (Å²) in [6.07, 6.45) is 1.96. The highest BCUT2D eigenvalue weighted by Gasteiger charge is 2.21. The highest BCUT2D eigenvalue weighted by molar-refractivity contribution is 7.95. The molecule has 0 aliphatic rings. The molecular formula is C17H19NO3S. The molecule has 0 aromatic heterocycles. The van der Waals surface area contributed by atoms with Gasteiger partial charge in [0.25, 0.3) is 10.1 Å². The minimum Gasteiger partial charge on any atom is -0.344 e. The van der Waals surface area contributed by atoms with E-state index in [0.717, 1.165) is 5.56 Å². The van der Waals surface area contributed by atoms with E-state index in [1.54, 1.807) is 36.4 Å². The van der Waals surface area contributed by atoms with Crippen molar-refractivity contribution in [1.29, 1.82) is 0 Å². The molecule has 0 unspecified atom stereocenters. The first-order chi connectivity index (χ1) is 10.0. The molecule has 22 heavy (non-hydrogen) atoms. The maximum absolute atomic E-state index is 11.9. The topological polar surface area (TPSA) is 89.4 Å². The van der Waals surface area contributed by atoms with Crippen LogP contribution in [0.25, 0.3) is 10.5 Å². The van der Waals surface area contributed by atoms with E-state index in [4.69, 9.17) is 0 Å².